The van der Waals surface area contributed by atoms with Gasteiger partial charge in [-0.2, -0.15) is 0 Å². The molecule has 5 rings (SSSR count). The van der Waals surface area contributed by atoms with Crippen LogP contribution in [0, 0.1) is 5.82 Å². The summed E-state index contributed by atoms with van der Waals surface area (Å²) in [4.78, 5) is 37.0. The third-order valence-corrected chi connectivity index (χ3v) is 6.18. The molecule has 1 N–H and O–H groups in total. The van der Waals surface area contributed by atoms with Crippen molar-refractivity contribution < 1.29 is 9.18 Å². The number of anilines is 1. The third-order valence-electron chi connectivity index (χ3n) is 5.92. The number of benzene rings is 2. The zero-order valence-corrected chi connectivity index (χ0v) is 18.0. The van der Waals surface area contributed by atoms with E-state index in [1.807, 2.05) is 29.2 Å². The fourth-order valence-electron chi connectivity index (χ4n) is 4.16. The number of piperazine rings is 1. The predicted octanol–water partition coefficient (Wildman–Crippen LogP) is 3.41. The summed E-state index contributed by atoms with van der Waals surface area (Å²) in [5, 5.41) is 1.27. The first-order valence-electron chi connectivity index (χ1n) is 10.4. The first-order valence-corrected chi connectivity index (χ1v) is 10.8. The molecule has 1 amide bonds. The fourth-order valence-corrected chi connectivity index (χ4v) is 4.29. The van der Waals surface area contributed by atoms with Gasteiger partial charge in [0, 0.05) is 60.8 Å². The number of aromatic amines is 1. The number of aryl methyl sites for hydroxylation is 1. The molecule has 1 saturated heterocycles. The minimum absolute atomic E-state index is 0.00599. The van der Waals surface area contributed by atoms with E-state index >= 15 is 0 Å². The van der Waals surface area contributed by atoms with Crippen LogP contribution in [-0.2, 0) is 11.3 Å². The van der Waals surface area contributed by atoms with Crippen LogP contribution in [0.1, 0.15) is 6.42 Å². The third kappa shape index (κ3) is 3.82. The molecular formula is C23H21ClFN5O2. The Bertz CT molecular complexity index is 1360. The van der Waals surface area contributed by atoms with Crippen molar-refractivity contribution in [3.05, 3.63) is 70.0 Å². The highest BCUT2D eigenvalue weighted by atomic mass is 35.5. The highest BCUT2D eigenvalue weighted by Crippen LogP contribution is 2.22. The topological polar surface area (TPSA) is 74.2 Å². The fraction of sp³-hybridized carbons (Fsp3) is 0.261. The number of nitrogens with zero attached hydrogens (tertiary/aromatic N) is 4. The Morgan fingerprint density at radius 2 is 1.84 bits per heavy atom. The Morgan fingerprint density at radius 3 is 2.59 bits per heavy atom. The molecule has 2 aromatic carbocycles. The molecule has 0 radical (unpaired) electrons. The van der Waals surface area contributed by atoms with Gasteiger partial charge in [-0.25, -0.2) is 9.37 Å². The molecule has 0 unspecified atom stereocenters. The summed E-state index contributed by atoms with van der Waals surface area (Å²) in [6, 6.07) is 12.0. The Balaban J connectivity index is 1.24. The Hall–Kier alpha value is -3.39. The van der Waals surface area contributed by atoms with E-state index < -0.39 is 0 Å². The molecule has 0 spiro atoms. The molecule has 32 heavy (non-hydrogen) atoms. The second kappa shape index (κ2) is 8.27. The Morgan fingerprint density at radius 1 is 1.09 bits per heavy atom. The van der Waals surface area contributed by atoms with E-state index in [0.29, 0.717) is 40.0 Å². The molecule has 1 fully saturated rings. The second-order valence-electron chi connectivity index (χ2n) is 7.88. The zero-order chi connectivity index (χ0) is 22.2. The number of halogens is 2. The average molecular weight is 454 g/mol. The highest BCUT2D eigenvalue weighted by Gasteiger charge is 2.21. The number of amides is 1. The first kappa shape index (κ1) is 20.5. The lowest BCUT2D eigenvalue weighted by Gasteiger charge is -2.36. The average Bonchev–Trinajstić information content (AvgIpc) is 3.18. The maximum atomic E-state index is 13.6. The molecule has 0 saturated carbocycles. The van der Waals surface area contributed by atoms with Gasteiger partial charge in [-0.15, -0.1) is 0 Å². The normalized spacial score (nSPS) is 14.4. The molecule has 3 heterocycles. The second-order valence-corrected chi connectivity index (χ2v) is 8.31. The van der Waals surface area contributed by atoms with Gasteiger partial charge in [0.05, 0.1) is 6.33 Å². The summed E-state index contributed by atoms with van der Waals surface area (Å²) in [6.07, 6.45) is 1.64. The van der Waals surface area contributed by atoms with Gasteiger partial charge >= 0.3 is 0 Å². The van der Waals surface area contributed by atoms with Crippen molar-refractivity contribution in [1.29, 1.82) is 0 Å². The van der Waals surface area contributed by atoms with Gasteiger partial charge in [-0.3, -0.25) is 14.2 Å². The molecule has 164 valence electrons. The Labute approximate surface area is 188 Å². The van der Waals surface area contributed by atoms with Crippen LogP contribution < -0.4 is 10.5 Å². The minimum Gasteiger partial charge on any atom is -0.368 e. The number of hydrogen-bond donors (Lipinski definition) is 1. The lowest BCUT2D eigenvalue weighted by atomic mass is 10.2. The molecule has 0 bridgehead atoms. The zero-order valence-electron chi connectivity index (χ0n) is 17.2. The number of carbonyl (C=O) groups excluding carboxylic acids is 1. The van der Waals surface area contributed by atoms with E-state index in [2.05, 4.69) is 14.9 Å². The van der Waals surface area contributed by atoms with E-state index in [9.17, 15) is 14.0 Å². The smallest absolute Gasteiger partial charge is 0.277 e. The molecule has 1 aliphatic rings. The van der Waals surface area contributed by atoms with E-state index in [1.165, 1.54) is 23.0 Å². The molecule has 0 aliphatic carbocycles. The summed E-state index contributed by atoms with van der Waals surface area (Å²) < 4.78 is 15.0. The minimum atomic E-state index is -0.383. The lowest BCUT2D eigenvalue weighted by Crippen LogP contribution is -2.49. The maximum Gasteiger partial charge on any atom is 0.277 e. The SMILES string of the molecule is O=C(CCn1cnc2c([nH]c3ccc(F)cc32)c1=O)N1CCN(c2ccc(Cl)cc2)CC1. The summed E-state index contributed by atoms with van der Waals surface area (Å²) in [5.41, 5.74) is 2.22. The Kier molecular flexibility index (Phi) is 5.30. The number of rotatable bonds is 4. The molecule has 0 atom stereocenters. The van der Waals surface area contributed by atoms with Crippen LogP contribution >= 0.6 is 11.6 Å². The number of hydrogen-bond acceptors (Lipinski definition) is 4. The molecule has 1 aliphatic heterocycles. The van der Waals surface area contributed by atoms with Crippen molar-refractivity contribution in [1.82, 2.24) is 19.4 Å². The molecule has 2 aromatic heterocycles. The van der Waals surface area contributed by atoms with Crippen LogP contribution in [0.4, 0.5) is 10.1 Å². The molecular weight excluding hydrogens is 433 g/mol. The van der Waals surface area contributed by atoms with Gasteiger partial charge in [0.1, 0.15) is 16.9 Å². The van der Waals surface area contributed by atoms with Crippen LogP contribution in [-0.4, -0.2) is 51.5 Å². The van der Waals surface area contributed by atoms with Crippen molar-refractivity contribution in [2.45, 2.75) is 13.0 Å². The number of nitrogens with one attached hydrogen (secondary N) is 1. The van der Waals surface area contributed by atoms with Gasteiger partial charge in [0.2, 0.25) is 5.91 Å². The van der Waals surface area contributed by atoms with Crippen LogP contribution in [0.15, 0.2) is 53.6 Å². The maximum absolute atomic E-state index is 13.6. The van der Waals surface area contributed by atoms with Crippen LogP contribution in [0.25, 0.3) is 21.9 Å². The summed E-state index contributed by atoms with van der Waals surface area (Å²) >= 11 is 5.95. The van der Waals surface area contributed by atoms with Crippen molar-refractivity contribution in [2.75, 3.05) is 31.1 Å². The first-order chi connectivity index (χ1) is 15.5. The number of carbonyl (C=O) groups is 1. The quantitative estimate of drug-likeness (QED) is 0.514. The van der Waals surface area contributed by atoms with E-state index in [4.69, 9.17) is 11.6 Å². The number of fused-ring (bicyclic) bond motifs is 3. The summed E-state index contributed by atoms with van der Waals surface area (Å²) in [7, 11) is 0. The van der Waals surface area contributed by atoms with Gasteiger partial charge in [0.15, 0.2) is 0 Å². The van der Waals surface area contributed by atoms with Gasteiger partial charge in [-0.1, -0.05) is 11.6 Å². The van der Waals surface area contributed by atoms with Gasteiger partial charge < -0.3 is 14.8 Å². The predicted molar refractivity (Wildman–Crippen MR) is 123 cm³/mol. The van der Waals surface area contributed by atoms with Crippen LogP contribution in [0.2, 0.25) is 5.02 Å². The molecule has 7 nitrogen and oxygen atoms in total. The largest absolute Gasteiger partial charge is 0.368 e. The number of H-pyrrole nitrogens is 1. The van der Waals surface area contributed by atoms with E-state index in [0.717, 1.165) is 18.8 Å². The van der Waals surface area contributed by atoms with E-state index in [-0.39, 0.29) is 30.2 Å². The van der Waals surface area contributed by atoms with Gasteiger partial charge in [-0.05, 0) is 42.5 Å². The van der Waals surface area contributed by atoms with Crippen molar-refractivity contribution in [3.8, 4) is 0 Å². The van der Waals surface area contributed by atoms with Crippen LogP contribution in [0.3, 0.4) is 0 Å². The monoisotopic (exact) mass is 453 g/mol. The van der Waals surface area contributed by atoms with Crippen molar-refractivity contribution in [2.24, 2.45) is 0 Å². The van der Waals surface area contributed by atoms with E-state index in [1.54, 1.807) is 6.07 Å². The van der Waals surface area contributed by atoms with Crippen LogP contribution in [0.5, 0.6) is 0 Å². The lowest BCUT2D eigenvalue weighted by molar-refractivity contribution is -0.131. The molecule has 9 heteroatoms. The highest BCUT2D eigenvalue weighted by molar-refractivity contribution is 6.30. The summed E-state index contributed by atoms with van der Waals surface area (Å²) in [6.45, 7) is 2.98. The standard InChI is InChI=1S/C23H21ClFN5O2/c24-15-1-4-17(5-2-15)28-9-11-29(12-10-28)20(31)7-8-30-14-26-21-18-13-16(25)3-6-19(18)27-22(21)23(30)32/h1-6,13-14,27H,7-12H2. The van der Waals surface area contributed by atoms with Crippen molar-refractivity contribution in [3.63, 3.8) is 0 Å². The van der Waals surface area contributed by atoms with Crippen molar-refractivity contribution >= 4 is 45.1 Å². The molecule has 4 aromatic rings. The number of aromatic nitrogens is 3. The van der Waals surface area contributed by atoms with Gasteiger partial charge in [0.25, 0.3) is 5.56 Å². The summed E-state index contributed by atoms with van der Waals surface area (Å²) in [5.74, 6) is -0.377.